The third-order valence-electron chi connectivity index (χ3n) is 3.63. The van der Waals surface area contributed by atoms with E-state index in [0.29, 0.717) is 5.41 Å². The van der Waals surface area contributed by atoms with Crippen molar-refractivity contribution in [1.29, 1.82) is 0 Å². The van der Waals surface area contributed by atoms with E-state index in [1.807, 2.05) is 18.2 Å². The first kappa shape index (κ1) is 13.2. The minimum atomic E-state index is 0.328. The van der Waals surface area contributed by atoms with Crippen molar-refractivity contribution in [2.75, 3.05) is 11.9 Å². The average Bonchev–Trinajstić information content (AvgIpc) is 2.80. The van der Waals surface area contributed by atoms with E-state index in [1.165, 1.54) is 25.7 Å². The number of aryl methyl sites for hydroxylation is 1. The second-order valence-corrected chi connectivity index (χ2v) is 6.04. The number of hydrogen-bond acceptors (Lipinski definition) is 1. The molecule has 1 fully saturated rings. The number of alkyl halides is 1. The fourth-order valence-corrected chi connectivity index (χ4v) is 3.29. The molecule has 0 spiro atoms. The van der Waals surface area contributed by atoms with Crippen LogP contribution in [0.1, 0.15) is 31.2 Å². The van der Waals surface area contributed by atoms with E-state index in [1.54, 1.807) is 0 Å². The van der Waals surface area contributed by atoms with Gasteiger partial charge in [-0.15, -0.1) is 0 Å². The molecule has 1 aromatic rings. The summed E-state index contributed by atoms with van der Waals surface area (Å²) >= 11 is 9.63. The summed E-state index contributed by atoms with van der Waals surface area (Å²) in [6.07, 6.45) is 5.17. The third kappa shape index (κ3) is 3.17. The van der Waals surface area contributed by atoms with Crippen LogP contribution >= 0.6 is 27.5 Å². The Balaban J connectivity index is 2.03. The van der Waals surface area contributed by atoms with Gasteiger partial charge in [-0.3, -0.25) is 0 Å². The topological polar surface area (TPSA) is 9.23 Å². The first-order chi connectivity index (χ1) is 8.15. The maximum absolute atomic E-state index is 5.99. The van der Waals surface area contributed by atoms with Crippen LogP contribution in [0.2, 0.25) is 5.02 Å². The second kappa shape index (κ2) is 5.62. The fraction of sp³-hybridized carbons (Fsp3) is 0.571. The van der Waals surface area contributed by atoms with E-state index in [0.717, 1.165) is 28.3 Å². The zero-order chi connectivity index (χ0) is 12.3. The normalized spacial score (nSPS) is 18.3. The molecular weight excluding hydrogens is 300 g/mol. The zero-order valence-electron chi connectivity index (χ0n) is 10.1. The molecule has 1 aliphatic carbocycles. The maximum atomic E-state index is 5.99. The van der Waals surface area contributed by atoms with Crippen molar-refractivity contribution in [1.82, 2.24) is 0 Å². The summed E-state index contributed by atoms with van der Waals surface area (Å²) < 4.78 is 5.98. The lowest BCUT2D eigenvalue weighted by Crippen LogP contribution is -2.27. The molecule has 3 heteroatoms. The molecule has 1 aliphatic rings. The van der Waals surface area contributed by atoms with E-state index >= 15 is 0 Å². The Bertz CT molecular complexity index is 386. The molecule has 0 atom stereocenters. The Hall–Kier alpha value is -0.210. The van der Waals surface area contributed by atoms with Crippen LogP contribution in [0, 0.1) is 12.3 Å². The van der Waals surface area contributed by atoms with E-state index in [2.05, 4.69) is 22.9 Å². The highest BCUT2D eigenvalue weighted by Crippen LogP contribution is 2.40. The van der Waals surface area contributed by atoms with Crippen molar-refractivity contribution in [3.05, 3.63) is 28.8 Å². The van der Waals surface area contributed by atoms with Crippen LogP contribution in [0.25, 0.3) is 0 Å². The lowest BCUT2D eigenvalue weighted by molar-refractivity contribution is 0.173. The summed E-state index contributed by atoms with van der Waals surface area (Å²) in [5.74, 6) is 0.921. The predicted molar refractivity (Wildman–Crippen MR) is 76.4 cm³/mol. The Morgan fingerprint density at radius 2 is 2.06 bits per heavy atom. The van der Waals surface area contributed by atoms with E-state index in [9.17, 15) is 0 Å². The van der Waals surface area contributed by atoms with Gasteiger partial charge in [0, 0.05) is 15.8 Å². The number of rotatable bonds is 4. The van der Waals surface area contributed by atoms with Crippen molar-refractivity contribution in [2.45, 2.75) is 32.6 Å². The van der Waals surface area contributed by atoms with Crippen molar-refractivity contribution in [2.24, 2.45) is 5.41 Å². The molecule has 1 saturated carbocycles. The second-order valence-electron chi connectivity index (χ2n) is 5.04. The van der Waals surface area contributed by atoms with Crippen LogP contribution < -0.4 is 4.74 Å². The van der Waals surface area contributed by atoms with Crippen molar-refractivity contribution < 1.29 is 4.74 Å². The molecule has 0 saturated heterocycles. The molecular formula is C14H18BrClO. The number of ether oxygens (including phenoxy) is 1. The SMILES string of the molecule is Cc1ccc(Cl)cc1OCC1(CBr)CCCC1. The number of benzene rings is 1. The van der Waals surface area contributed by atoms with Crippen molar-refractivity contribution >= 4 is 27.5 Å². The Morgan fingerprint density at radius 1 is 1.35 bits per heavy atom. The van der Waals surface area contributed by atoms with Gasteiger partial charge < -0.3 is 4.74 Å². The number of hydrogen-bond donors (Lipinski definition) is 0. The van der Waals surface area contributed by atoms with Gasteiger partial charge in [0.1, 0.15) is 5.75 Å². The molecule has 1 aromatic carbocycles. The van der Waals surface area contributed by atoms with Crippen LogP contribution in [0.4, 0.5) is 0 Å². The molecule has 0 radical (unpaired) electrons. The molecule has 1 nitrogen and oxygen atoms in total. The molecule has 0 heterocycles. The monoisotopic (exact) mass is 316 g/mol. The zero-order valence-corrected chi connectivity index (χ0v) is 12.5. The third-order valence-corrected chi connectivity index (χ3v) is 5.06. The molecule has 0 bridgehead atoms. The molecule has 0 N–H and O–H groups in total. The summed E-state index contributed by atoms with van der Waals surface area (Å²) in [6, 6.07) is 5.82. The van der Waals surface area contributed by atoms with Crippen LogP contribution in [0.15, 0.2) is 18.2 Å². The summed E-state index contributed by atoms with van der Waals surface area (Å²) in [6.45, 7) is 2.85. The molecule has 2 rings (SSSR count). The fourth-order valence-electron chi connectivity index (χ4n) is 2.40. The highest BCUT2D eigenvalue weighted by Gasteiger charge is 2.33. The van der Waals surface area contributed by atoms with Gasteiger partial charge in [-0.2, -0.15) is 0 Å². The van der Waals surface area contributed by atoms with Gasteiger partial charge >= 0.3 is 0 Å². The molecule has 0 unspecified atom stereocenters. The van der Waals surface area contributed by atoms with Crippen LogP contribution in [0.3, 0.4) is 0 Å². The van der Waals surface area contributed by atoms with Crippen LogP contribution in [0.5, 0.6) is 5.75 Å². The van der Waals surface area contributed by atoms with Crippen LogP contribution in [-0.2, 0) is 0 Å². The molecule has 17 heavy (non-hydrogen) atoms. The molecule has 94 valence electrons. The molecule has 0 aromatic heterocycles. The van der Waals surface area contributed by atoms with E-state index in [4.69, 9.17) is 16.3 Å². The van der Waals surface area contributed by atoms with Gasteiger partial charge in [-0.1, -0.05) is 46.4 Å². The summed E-state index contributed by atoms with van der Waals surface area (Å²) in [5.41, 5.74) is 1.48. The highest BCUT2D eigenvalue weighted by molar-refractivity contribution is 9.09. The summed E-state index contributed by atoms with van der Waals surface area (Å²) in [5, 5.41) is 1.77. The largest absolute Gasteiger partial charge is 0.493 e. The predicted octanol–water partition coefficient (Wildman–Crippen LogP) is 4.98. The minimum absolute atomic E-state index is 0.328. The standard InChI is InChI=1S/C14H18BrClO/c1-11-4-5-12(16)8-13(11)17-10-14(9-15)6-2-3-7-14/h4-5,8H,2-3,6-7,9-10H2,1H3. The van der Waals surface area contributed by atoms with Gasteiger partial charge in [-0.25, -0.2) is 0 Å². The summed E-state index contributed by atoms with van der Waals surface area (Å²) in [4.78, 5) is 0. The van der Waals surface area contributed by atoms with E-state index in [-0.39, 0.29) is 0 Å². The maximum Gasteiger partial charge on any atom is 0.123 e. The summed E-state index contributed by atoms with van der Waals surface area (Å²) in [7, 11) is 0. The smallest absolute Gasteiger partial charge is 0.123 e. The molecule has 0 aliphatic heterocycles. The lowest BCUT2D eigenvalue weighted by atomic mass is 9.90. The molecule has 0 amide bonds. The van der Waals surface area contributed by atoms with Crippen molar-refractivity contribution in [3.63, 3.8) is 0 Å². The van der Waals surface area contributed by atoms with Gasteiger partial charge in [0.25, 0.3) is 0 Å². The minimum Gasteiger partial charge on any atom is -0.493 e. The average molecular weight is 318 g/mol. The number of halogens is 2. The lowest BCUT2D eigenvalue weighted by Gasteiger charge is -2.26. The van der Waals surface area contributed by atoms with E-state index < -0.39 is 0 Å². The Kier molecular flexibility index (Phi) is 4.37. The Morgan fingerprint density at radius 3 is 2.71 bits per heavy atom. The first-order valence-corrected chi connectivity index (χ1v) is 7.60. The van der Waals surface area contributed by atoms with Gasteiger partial charge in [0.05, 0.1) is 6.61 Å². The van der Waals surface area contributed by atoms with Crippen molar-refractivity contribution in [3.8, 4) is 5.75 Å². The van der Waals surface area contributed by atoms with Gasteiger partial charge in [-0.05, 0) is 37.5 Å². The highest BCUT2D eigenvalue weighted by atomic mass is 79.9. The first-order valence-electron chi connectivity index (χ1n) is 6.10. The van der Waals surface area contributed by atoms with Gasteiger partial charge in [0.15, 0.2) is 0 Å². The van der Waals surface area contributed by atoms with Gasteiger partial charge in [0.2, 0.25) is 0 Å². The quantitative estimate of drug-likeness (QED) is 0.711. The Labute approximate surface area is 117 Å². The van der Waals surface area contributed by atoms with Crippen LogP contribution in [-0.4, -0.2) is 11.9 Å².